The number of hydrogen-bond acceptors (Lipinski definition) is 2. The molecule has 1 unspecified atom stereocenters. The lowest BCUT2D eigenvalue weighted by Gasteiger charge is -2.34. The number of hydrogen-bond donors (Lipinski definition) is 1. The Hall–Kier alpha value is -2.62. The Bertz CT molecular complexity index is 661. The van der Waals surface area contributed by atoms with E-state index in [0.29, 0.717) is 19.5 Å². The average Bonchev–Trinajstić information content (AvgIpc) is 2.63. The van der Waals surface area contributed by atoms with Crippen LogP contribution in [0, 0.1) is 0 Å². The normalized spacial score (nSPS) is 17.7. The number of amides is 2. The number of piperazine rings is 1. The van der Waals surface area contributed by atoms with E-state index < -0.39 is 6.04 Å². The van der Waals surface area contributed by atoms with Gasteiger partial charge in [0.2, 0.25) is 11.8 Å². The van der Waals surface area contributed by atoms with Crippen molar-refractivity contribution in [3.05, 3.63) is 71.8 Å². The Balaban J connectivity index is 1.84. The van der Waals surface area contributed by atoms with E-state index in [1.807, 2.05) is 36.4 Å². The second kappa shape index (κ2) is 7.30. The van der Waals surface area contributed by atoms with Crippen LogP contribution in [0.15, 0.2) is 60.7 Å². The van der Waals surface area contributed by atoms with Crippen LogP contribution in [0.4, 0.5) is 0 Å². The third-order valence-corrected chi connectivity index (χ3v) is 4.60. The van der Waals surface area contributed by atoms with Gasteiger partial charge in [0, 0.05) is 25.4 Å². The van der Waals surface area contributed by atoms with Gasteiger partial charge in [-0.25, -0.2) is 0 Å². The predicted molar refractivity (Wildman–Crippen MR) is 93.5 cm³/mol. The zero-order valence-electron chi connectivity index (χ0n) is 13.8. The summed E-state index contributed by atoms with van der Waals surface area (Å²) in [6.45, 7) is 2.88. The molecule has 1 atom stereocenters. The molecule has 124 valence electrons. The van der Waals surface area contributed by atoms with Crippen LogP contribution in [0.2, 0.25) is 0 Å². The number of nitrogens with zero attached hydrogens (tertiary/aromatic N) is 1. The molecule has 0 spiro atoms. The second-order valence-electron chi connectivity index (χ2n) is 6.13. The molecule has 2 aromatic rings. The Labute approximate surface area is 142 Å². The molecule has 1 fully saturated rings. The average molecular weight is 322 g/mol. The lowest BCUT2D eigenvalue weighted by Crippen LogP contribution is -2.56. The maximum Gasteiger partial charge on any atom is 0.242 e. The van der Waals surface area contributed by atoms with Crippen molar-refractivity contribution >= 4 is 11.8 Å². The molecule has 24 heavy (non-hydrogen) atoms. The van der Waals surface area contributed by atoms with E-state index >= 15 is 0 Å². The maximum absolute atomic E-state index is 12.9. The van der Waals surface area contributed by atoms with Crippen LogP contribution in [0.5, 0.6) is 0 Å². The highest BCUT2D eigenvalue weighted by atomic mass is 16.2. The van der Waals surface area contributed by atoms with Gasteiger partial charge in [-0.1, -0.05) is 60.7 Å². The van der Waals surface area contributed by atoms with Crippen molar-refractivity contribution in [3.63, 3.8) is 0 Å². The molecule has 1 heterocycles. The molecule has 2 amide bonds. The minimum atomic E-state index is -0.404. The third-order valence-electron chi connectivity index (χ3n) is 4.60. The molecule has 2 aromatic carbocycles. The number of nitrogens with one attached hydrogen (secondary N) is 1. The van der Waals surface area contributed by atoms with E-state index in [-0.39, 0.29) is 17.7 Å². The Morgan fingerprint density at radius 1 is 1.08 bits per heavy atom. The highest BCUT2D eigenvalue weighted by Crippen LogP contribution is 2.29. The van der Waals surface area contributed by atoms with Crippen molar-refractivity contribution in [2.75, 3.05) is 13.1 Å². The van der Waals surface area contributed by atoms with E-state index in [1.54, 1.807) is 11.8 Å². The lowest BCUT2D eigenvalue weighted by atomic mass is 9.88. The monoisotopic (exact) mass is 322 g/mol. The van der Waals surface area contributed by atoms with Gasteiger partial charge in [0.15, 0.2) is 0 Å². The highest BCUT2D eigenvalue weighted by molar-refractivity contribution is 5.88. The fourth-order valence-electron chi connectivity index (χ4n) is 3.21. The topological polar surface area (TPSA) is 49.4 Å². The first-order valence-electron chi connectivity index (χ1n) is 8.34. The Morgan fingerprint density at radius 2 is 1.62 bits per heavy atom. The molecular weight excluding hydrogens is 300 g/mol. The van der Waals surface area contributed by atoms with Gasteiger partial charge in [0.05, 0.1) is 0 Å². The van der Waals surface area contributed by atoms with E-state index in [9.17, 15) is 9.59 Å². The third kappa shape index (κ3) is 3.48. The molecule has 0 bridgehead atoms. The zero-order valence-corrected chi connectivity index (χ0v) is 13.8. The van der Waals surface area contributed by atoms with Crippen LogP contribution in [-0.2, 0) is 9.59 Å². The molecule has 1 N–H and O–H groups in total. The summed E-state index contributed by atoms with van der Waals surface area (Å²) in [6.07, 6.45) is 0.367. The number of rotatable bonds is 4. The van der Waals surface area contributed by atoms with Crippen molar-refractivity contribution in [2.24, 2.45) is 0 Å². The van der Waals surface area contributed by atoms with E-state index in [0.717, 1.165) is 11.1 Å². The van der Waals surface area contributed by atoms with Crippen molar-refractivity contribution in [1.29, 1.82) is 0 Å². The number of carbonyl (C=O) groups excluding carboxylic acids is 2. The van der Waals surface area contributed by atoms with Gasteiger partial charge >= 0.3 is 0 Å². The molecule has 0 aromatic heterocycles. The fraction of sp³-hybridized carbons (Fsp3) is 0.300. The van der Waals surface area contributed by atoms with E-state index in [1.165, 1.54) is 0 Å². The molecule has 4 heteroatoms. The van der Waals surface area contributed by atoms with E-state index in [4.69, 9.17) is 0 Å². The molecule has 0 radical (unpaired) electrons. The minimum absolute atomic E-state index is 0.00270. The quantitative estimate of drug-likeness (QED) is 0.940. The summed E-state index contributed by atoms with van der Waals surface area (Å²) in [4.78, 5) is 26.4. The summed E-state index contributed by atoms with van der Waals surface area (Å²) in [6, 6.07) is 19.7. The van der Waals surface area contributed by atoms with Gasteiger partial charge in [-0.05, 0) is 18.1 Å². The van der Waals surface area contributed by atoms with Crippen molar-refractivity contribution in [2.45, 2.75) is 25.3 Å². The van der Waals surface area contributed by atoms with Crippen LogP contribution in [0.3, 0.4) is 0 Å². The van der Waals surface area contributed by atoms with Gasteiger partial charge in [-0.3, -0.25) is 9.59 Å². The number of carbonyl (C=O) groups is 2. The standard InChI is InChI=1S/C20H22N2O2/c1-15-20(24)21-12-13-22(15)19(23)14-18(16-8-4-2-5-9-16)17-10-6-3-7-11-17/h2-11,15,18H,12-14H2,1H3,(H,21,24). The van der Waals surface area contributed by atoms with Gasteiger partial charge in [0.1, 0.15) is 6.04 Å². The molecule has 0 aliphatic carbocycles. The van der Waals surface area contributed by atoms with Crippen molar-refractivity contribution < 1.29 is 9.59 Å². The Morgan fingerprint density at radius 3 is 2.17 bits per heavy atom. The summed E-state index contributed by atoms with van der Waals surface area (Å²) < 4.78 is 0. The molecule has 1 aliphatic heterocycles. The summed E-state index contributed by atoms with van der Waals surface area (Å²) in [5.74, 6) is -0.0577. The first kappa shape index (κ1) is 16.2. The lowest BCUT2D eigenvalue weighted by molar-refractivity contribution is -0.142. The summed E-state index contributed by atoms with van der Waals surface area (Å²) in [5.41, 5.74) is 2.23. The van der Waals surface area contributed by atoms with Gasteiger partial charge < -0.3 is 10.2 Å². The summed E-state index contributed by atoms with van der Waals surface area (Å²) >= 11 is 0. The van der Waals surface area contributed by atoms with Crippen LogP contribution in [0.1, 0.15) is 30.4 Å². The first-order valence-corrected chi connectivity index (χ1v) is 8.34. The second-order valence-corrected chi connectivity index (χ2v) is 6.13. The zero-order chi connectivity index (χ0) is 16.9. The van der Waals surface area contributed by atoms with Gasteiger partial charge in [-0.15, -0.1) is 0 Å². The van der Waals surface area contributed by atoms with Crippen LogP contribution in [0.25, 0.3) is 0 Å². The fourth-order valence-corrected chi connectivity index (χ4v) is 3.21. The maximum atomic E-state index is 12.9. The van der Waals surface area contributed by atoms with Crippen molar-refractivity contribution in [1.82, 2.24) is 10.2 Å². The van der Waals surface area contributed by atoms with Gasteiger partial charge in [-0.2, -0.15) is 0 Å². The molecule has 3 rings (SSSR count). The van der Waals surface area contributed by atoms with Crippen molar-refractivity contribution in [3.8, 4) is 0 Å². The smallest absolute Gasteiger partial charge is 0.242 e. The molecule has 4 nitrogen and oxygen atoms in total. The molecular formula is C20H22N2O2. The summed E-state index contributed by atoms with van der Waals surface area (Å²) in [5, 5.41) is 2.80. The minimum Gasteiger partial charge on any atom is -0.353 e. The SMILES string of the molecule is CC1C(=O)NCCN1C(=O)CC(c1ccccc1)c1ccccc1. The van der Waals surface area contributed by atoms with Gasteiger partial charge in [0.25, 0.3) is 0 Å². The molecule has 1 saturated heterocycles. The van der Waals surface area contributed by atoms with Crippen LogP contribution in [-0.4, -0.2) is 35.8 Å². The van der Waals surface area contributed by atoms with Crippen LogP contribution >= 0.6 is 0 Å². The van der Waals surface area contributed by atoms with Crippen LogP contribution < -0.4 is 5.32 Å². The van der Waals surface area contributed by atoms with E-state index in [2.05, 4.69) is 29.6 Å². The first-order chi connectivity index (χ1) is 11.7. The molecule has 0 saturated carbocycles. The largest absolute Gasteiger partial charge is 0.353 e. The predicted octanol–water partition coefficient (Wildman–Crippen LogP) is 2.56. The summed E-state index contributed by atoms with van der Waals surface area (Å²) in [7, 11) is 0. The Kier molecular flexibility index (Phi) is 4.94. The number of benzene rings is 2. The highest BCUT2D eigenvalue weighted by Gasteiger charge is 2.31. The molecule has 1 aliphatic rings.